The van der Waals surface area contributed by atoms with Gasteiger partial charge in [-0.3, -0.25) is 0 Å². The minimum absolute atomic E-state index is 0.297. The molecule has 0 amide bonds. The van der Waals surface area contributed by atoms with Gasteiger partial charge in [-0.25, -0.2) is 0 Å². The fourth-order valence-corrected chi connectivity index (χ4v) is 1.66. The first kappa shape index (κ1) is 17.3. The van der Waals surface area contributed by atoms with Crippen LogP contribution < -0.4 is 4.74 Å². The van der Waals surface area contributed by atoms with E-state index in [9.17, 15) is 5.11 Å². The lowest BCUT2D eigenvalue weighted by Gasteiger charge is -2.08. The maximum Gasteiger partial charge on any atom is 0.118 e. The standard InChI is InChI=1S/C18H24O3/c1-3-4-5-6-7-8-9-17(19)15-21-14-16-10-12-18(20-2)13-11-16/h4-5,10-13,17,19H,3,6,9,14-15H2,1-2H3/b5-4-/t17-/m1/s1. The Labute approximate surface area is 127 Å². The van der Waals surface area contributed by atoms with Gasteiger partial charge in [-0.15, -0.1) is 5.92 Å². The maximum atomic E-state index is 9.75. The molecule has 0 aromatic heterocycles. The summed E-state index contributed by atoms with van der Waals surface area (Å²) in [5.74, 6) is 6.79. The average Bonchev–Trinajstić information content (AvgIpc) is 2.51. The van der Waals surface area contributed by atoms with Crippen LogP contribution in [0.2, 0.25) is 0 Å². The SMILES string of the molecule is CC/C=C\CC#CC[C@@H](O)COCc1ccc(OC)cc1. The van der Waals surface area contributed by atoms with Gasteiger partial charge < -0.3 is 14.6 Å². The normalized spacial score (nSPS) is 12.0. The molecule has 0 unspecified atom stereocenters. The Morgan fingerprint density at radius 2 is 1.95 bits per heavy atom. The number of rotatable bonds is 8. The van der Waals surface area contributed by atoms with Crippen LogP contribution in [-0.2, 0) is 11.3 Å². The molecule has 0 spiro atoms. The summed E-state index contributed by atoms with van der Waals surface area (Å²) in [6, 6.07) is 7.69. The van der Waals surface area contributed by atoms with E-state index in [2.05, 4.69) is 24.8 Å². The lowest BCUT2D eigenvalue weighted by Crippen LogP contribution is -2.14. The molecule has 114 valence electrons. The van der Waals surface area contributed by atoms with Crippen LogP contribution in [0.3, 0.4) is 0 Å². The van der Waals surface area contributed by atoms with E-state index in [0.29, 0.717) is 19.6 Å². The lowest BCUT2D eigenvalue weighted by molar-refractivity contribution is 0.0311. The van der Waals surface area contributed by atoms with Crippen LogP contribution in [0, 0.1) is 11.8 Å². The van der Waals surface area contributed by atoms with Crippen molar-refractivity contribution in [2.45, 2.75) is 38.9 Å². The molecule has 0 aliphatic heterocycles. The quantitative estimate of drug-likeness (QED) is 0.589. The van der Waals surface area contributed by atoms with Gasteiger partial charge in [0.15, 0.2) is 0 Å². The second-order valence-electron chi connectivity index (χ2n) is 4.66. The summed E-state index contributed by atoms with van der Waals surface area (Å²) in [4.78, 5) is 0. The molecular formula is C18H24O3. The van der Waals surface area contributed by atoms with E-state index < -0.39 is 6.10 Å². The van der Waals surface area contributed by atoms with Crippen molar-refractivity contribution < 1.29 is 14.6 Å². The van der Waals surface area contributed by atoms with E-state index in [4.69, 9.17) is 9.47 Å². The highest BCUT2D eigenvalue weighted by Gasteiger charge is 2.02. The Balaban J connectivity index is 2.17. The highest BCUT2D eigenvalue weighted by molar-refractivity contribution is 5.26. The van der Waals surface area contributed by atoms with Crippen LogP contribution in [-0.4, -0.2) is 24.9 Å². The van der Waals surface area contributed by atoms with Gasteiger partial charge in [0, 0.05) is 12.8 Å². The number of aliphatic hydroxyl groups is 1. The summed E-state index contributed by atoms with van der Waals surface area (Å²) in [7, 11) is 1.64. The molecule has 1 atom stereocenters. The van der Waals surface area contributed by atoms with E-state index in [-0.39, 0.29) is 0 Å². The second kappa shape index (κ2) is 11.0. The molecule has 3 nitrogen and oxygen atoms in total. The van der Waals surface area contributed by atoms with Crippen molar-refractivity contribution in [3.8, 4) is 17.6 Å². The molecule has 0 fully saturated rings. The number of aliphatic hydroxyl groups excluding tert-OH is 1. The Kier molecular flexibility index (Phi) is 9.03. The number of allylic oxidation sites excluding steroid dienone is 2. The molecule has 0 bridgehead atoms. The molecule has 1 N–H and O–H groups in total. The van der Waals surface area contributed by atoms with E-state index >= 15 is 0 Å². The van der Waals surface area contributed by atoms with E-state index in [1.807, 2.05) is 30.3 Å². The van der Waals surface area contributed by atoms with Gasteiger partial charge >= 0.3 is 0 Å². The van der Waals surface area contributed by atoms with Gasteiger partial charge in [0.25, 0.3) is 0 Å². The van der Waals surface area contributed by atoms with Crippen LogP contribution in [0.1, 0.15) is 31.7 Å². The number of hydrogen-bond acceptors (Lipinski definition) is 3. The molecule has 0 aliphatic rings. The minimum Gasteiger partial charge on any atom is -0.497 e. The Morgan fingerprint density at radius 3 is 2.62 bits per heavy atom. The summed E-state index contributed by atoms with van der Waals surface area (Å²) >= 11 is 0. The van der Waals surface area contributed by atoms with E-state index in [1.165, 1.54) is 0 Å². The van der Waals surface area contributed by atoms with Crippen molar-refractivity contribution in [2.24, 2.45) is 0 Å². The third-order valence-electron chi connectivity index (χ3n) is 2.82. The molecule has 0 radical (unpaired) electrons. The Hall–Kier alpha value is -1.76. The molecule has 1 aromatic rings. The summed E-state index contributed by atoms with van der Waals surface area (Å²) < 4.78 is 10.6. The predicted octanol–water partition coefficient (Wildman–Crippen LogP) is 3.32. The highest BCUT2D eigenvalue weighted by Crippen LogP contribution is 2.12. The van der Waals surface area contributed by atoms with Crippen molar-refractivity contribution in [3.63, 3.8) is 0 Å². The third-order valence-corrected chi connectivity index (χ3v) is 2.82. The number of hydrogen-bond donors (Lipinski definition) is 1. The molecule has 1 rings (SSSR count). The monoisotopic (exact) mass is 288 g/mol. The first-order valence-electron chi connectivity index (χ1n) is 7.25. The molecule has 21 heavy (non-hydrogen) atoms. The van der Waals surface area contributed by atoms with Crippen molar-refractivity contribution in [2.75, 3.05) is 13.7 Å². The molecule has 0 aliphatic carbocycles. The number of ether oxygens (including phenoxy) is 2. The summed E-state index contributed by atoms with van der Waals surface area (Å²) in [6.45, 7) is 2.87. The van der Waals surface area contributed by atoms with E-state index in [0.717, 1.165) is 24.2 Å². The smallest absolute Gasteiger partial charge is 0.118 e. The Bertz CT molecular complexity index is 465. The first-order chi connectivity index (χ1) is 10.3. The van der Waals surface area contributed by atoms with Crippen molar-refractivity contribution in [1.82, 2.24) is 0 Å². The summed E-state index contributed by atoms with van der Waals surface area (Å²) in [5.41, 5.74) is 1.05. The van der Waals surface area contributed by atoms with Crippen LogP contribution >= 0.6 is 0 Å². The van der Waals surface area contributed by atoms with Crippen LogP contribution in [0.5, 0.6) is 5.75 Å². The first-order valence-corrected chi connectivity index (χ1v) is 7.25. The molecule has 3 heteroatoms. The van der Waals surface area contributed by atoms with Gasteiger partial charge in [0.2, 0.25) is 0 Å². The van der Waals surface area contributed by atoms with Crippen LogP contribution in [0.4, 0.5) is 0 Å². The molecule has 1 aromatic carbocycles. The largest absolute Gasteiger partial charge is 0.497 e. The maximum absolute atomic E-state index is 9.75. The zero-order chi connectivity index (χ0) is 15.3. The van der Waals surface area contributed by atoms with Gasteiger partial charge in [0.05, 0.1) is 26.4 Å². The zero-order valence-corrected chi connectivity index (χ0v) is 12.8. The average molecular weight is 288 g/mol. The van der Waals surface area contributed by atoms with E-state index in [1.54, 1.807) is 7.11 Å². The fourth-order valence-electron chi connectivity index (χ4n) is 1.66. The number of methoxy groups -OCH3 is 1. The van der Waals surface area contributed by atoms with Crippen LogP contribution in [0.15, 0.2) is 36.4 Å². The molecule has 0 saturated heterocycles. The zero-order valence-electron chi connectivity index (χ0n) is 12.8. The fraction of sp³-hybridized carbons (Fsp3) is 0.444. The van der Waals surface area contributed by atoms with Gasteiger partial charge in [-0.05, 0) is 24.1 Å². The molecule has 0 saturated carbocycles. The van der Waals surface area contributed by atoms with Crippen molar-refractivity contribution in [1.29, 1.82) is 0 Å². The van der Waals surface area contributed by atoms with Gasteiger partial charge in [0.1, 0.15) is 5.75 Å². The minimum atomic E-state index is -0.536. The Morgan fingerprint density at radius 1 is 1.19 bits per heavy atom. The lowest BCUT2D eigenvalue weighted by atomic mass is 10.2. The number of benzene rings is 1. The topological polar surface area (TPSA) is 38.7 Å². The molecular weight excluding hydrogens is 264 g/mol. The highest BCUT2D eigenvalue weighted by atomic mass is 16.5. The summed E-state index contributed by atoms with van der Waals surface area (Å²) in [5, 5.41) is 9.75. The second-order valence-corrected chi connectivity index (χ2v) is 4.66. The van der Waals surface area contributed by atoms with Crippen molar-refractivity contribution >= 4 is 0 Å². The third kappa shape index (κ3) is 8.19. The van der Waals surface area contributed by atoms with Crippen molar-refractivity contribution in [3.05, 3.63) is 42.0 Å². The predicted molar refractivity (Wildman–Crippen MR) is 85.1 cm³/mol. The van der Waals surface area contributed by atoms with Crippen LogP contribution in [0.25, 0.3) is 0 Å². The van der Waals surface area contributed by atoms with Gasteiger partial charge in [-0.2, -0.15) is 0 Å². The molecule has 0 heterocycles. The van der Waals surface area contributed by atoms with Gasteiger partial charge in [-0.1, -0.05) is 37.1 Å². The summed E-state index contributed by atoms with van der Waals surface area (Å²) in [6.07, 6.45) is 5.81.